The molecule has 0 bridgehead atoms. The van der Waals surface area contributed by atoms with Crippen LogP contribution in [0.25, 0.3) is 0 Å². The number of carbonyl (C=O) groups is 1. The summed E-state index contributed by atoms with van der Waals surface area (Å²) < 4.78 is 5.91. The zero-order chi connectivity index (χ0) is 20.9. The summed E-state index contributed by atoms with van der Waals surface area (Å²) in [6.07, 6.45) is 1.74. The second-order valence-electron chi connectivity index (χ2n) is 7.73. The number of nitrogens with zero attached hydrogens (tertiary/aromatic N) is 1. The van der Waals surface area contributed by atoms with E-state index in [1.807, 2.05) is 71.6 Å². The summed E-state index contributed by atoms with van der Waals surface area (Å²) in [5.74, 6) is 0.914. The molecule has 1 heterocycles. The lowest BCUT2D eigenvalue weighted by molar-refractivity contribution is 0.0685. The second kappa shape index (κ2) is 9.04. The Kier molecular flexibility index (Phi) is 6.03. The highest BCUT2D eigenvalue weighted by molar-refractivity contribution is 6.01. The van der Waals surface area contributed by atoms with Gasteiger partial charge in [-0.15, -0.1) is 0 Å². The number of fused-ring (bicyclic) bond motifs is 1. The molecule has 30 heavy (non-hydrogen) atoms. The molecule has 0 aromatic heterocycles. The normalized spacial score (nSPS) is 16.5. The summed E-state index contributed by atoms with van der Waals surface area (Å²) in [5, 5.41) is 3.57. The third-order valence-corrected chi connectivity index (χ3v) is 5.61. The minimum Gasteiger partial charge on any atom is -0.491 e. The molecule has 4 nitrogen and oxygen atoms in total. The number of carbonyl (C=O) groups excluding carboxylic acids is 1. The minimum absolute atomic E-state index is 0.0604. The number of anilines is 1. The van der Waals surface area contributed by atoms with E-state index < -0.39 is 0 Å². The summed E-state index contributed by atoms with van der Waals surface area (Å²) >= 11 is 0. The first kappa shape index (κ1) is 20.0. The molecule has 0 saturated heterocycles. The molecule has 154 valence electrons. The molecule has 4 rings (SSSR count). The van der Waals surface area contributed by atoms with Gasteiger partial charge in [0.25, 0.3) is 5.91 Å². The topological polar surface area (TPSA) is 41.6 Å². The first-order chi connectivity index (χ1) is 14.7. The predicted molar refractivity (Wildman–Crippen MR) is 121 cm³/mol. The van der Waals surface area contributed by atoms with Crippen molar-refractivity contribution in [2.75, 3.05) is 11.9 Å². The summed E-state index contributed by atoms with van der Waals surface area (Å²) in [4.78, 5) is 15.3. The number of rotatable bonds is 7. The number of ether oxygens (including phenoxy) is 1. The second-order valence-corrected chi connectivity index (χ2v) is 7.73. The highest BCUT2D eigenvalue weighted by atomic mass is 16.5. The molecule has 3 aromatic rings. The Morgan fingerprint density at radius 2 is 1.67 bits per heavy atom. The Balaban J connectivity index is 1.60. The fourth-order valence-electron chi connectivity index (χ4n) is 3.73. The van der Waals surface area contributed by atoms with Crippen LogP contribution in [0.3, 0.4) is 0 Å². The van der Waals surface area contributed by atoms with Crippen LogP contribution >= 0.6 is 0 Å². The smallest absolute Gasteiger partial charge is 0.257 e. The van der Waals surface area contributed by atoms with E-state index in [1.165, 1.54) is 5.56 Å². The van der Waals surface area contributed by atoms with Gasteiger partial charge in [0.15, 0.2) is 0 Å². The lowest BCUT2D eigenvalue weighted by atomic mass is 10.0. The molecule has 3 aromatic carbocycles. The highest BCUT2D eigenvalue weighted by Crippen LogP contribution is 2.33. The molecule has 0 fully saturated rings. The molecule has 2 unspecified atom stereocenters. The predicted octanol–water partition coefficient (Wildman–Crippen LogP) is 5.67. The molecule has 0 spiro atoms. The van der Waals surface area contributed by atoms with Gasteiger partial charge in [-0.2, -0.15) is 0 Å². The molecule has 1 N–H and O–H groups in total. The maximum atomic E-state index is 13.3. The van der Waals surface area contributed by atoms with Crippen molar-refractivity contribution in [1.82, 2.24) is 4.90 Å². The highest BCUT2D eigenvalue weighted by Gasteiger charge is 2.32. The first-order valence-electron chi connectivity index (χ1n) is 10.6. The molecule has 1 aliphatic heterocycles. The van der Waals surface area contributed by atoms with Crippen LogP contribution in [0.5, 0.6) is 5.75 Å². The Morgan fingerprint density at radius 1 is 0.967 bits per heavy atom. The van der Waals surface area contributed by atoms with Crippen molar-refractivity contribution < 1.29 is 9.53 Å². The van der Waals surface area contributed by atoms with Gasteiger partial charge in [-0.25, -0.2) is 0 Å². The quantitative estimate of drug-likeness (QED) is 0.555. The van der Waals surface area contributed by atoms with Gasteiger partial charge in [-0.3, -0.25) is 4.79 Å². The van der Waals surface area contributed by atoms with Gasteiger partial charge in [0, 0.05) is 12.2 Å². The van der Waals surface area contributed by atoms with Crippen molar-refractivity contribution in [1.29, 1.82) is 0 Å². The Morgan fingerprint density at radius 3 is 2.40 bits per heavy atom. The van der Waals surface area contributed by atoms with Crippen LogP contribution in [0.2, 0.25) is 0 Å². The van der Waals surface area contributed by atoms with Crippen LogP contribution in [-0.2, 0) is 6.42 Å². The monoisotopic (exact) mass is 400 g/mol. The number of amides is 1. The van der Waals surface area contributed by atoms with Gasteiger partial charge in [-0.1, -0.05) is 61.5 Å². The number of nitrogens with one attached hydrogen (secondary N) is 1. The molecular weight excluding hydrogens is 372 g/mol. The number of benzene rings is 3. The van der Waals surface area contributed by atoms with E-state index in [4.69, 9.17) is 4.74 Å². The fraction of sp³-hybridized carbons (Fsp3) is 0.269. The Hall–Kier alpha value is -3.27. The van der Waals surface area contributed by atoms with Crippen LogP contribution in [0.15, 0.2) is 78.9 Å². The summed E-state index contributed by atoms with van der Waals surface area (Å²) in [6, 6.07) is 26.1. The standard InChI is InChI=1S/C26H28N2O2/c1-3-19(2)30-22-15-13-21(14-16-22)25-27-24-12-8-7-11-23(24)26(29)28(25)18-17-20-9-5-4-6-10-20/h4-16,19,25,27H,3,17-18H2,1-2H3. The van der Waals surface area contributed by atoms with E-state index in [-0.39, 0.29) is 18.2 Å². The summed E-state index contributed by atoms with van der Waals surface area (Å²) in [7, 11) is 0. The van der Waals surface area contributed by atoms with Crippen molar-refractivity contribution in [2.45, 2.75) is 39.0 Å². The summed E-state index contributed by atoms with van der Waals surface area (Å²) in [5.41, 5.74) is 3.87. The van der Waals surface area contributed by atoms with Crippen molar-refractivity contribution in [3.8, 4) is 5.75 Å². The van der Waals surface area contributed by atoms with Crippen LogP contribution in [0, 0.1) is 0 Å². The Labute approximate surface area is 178 Å². The van der Waals surface area contributed by atoms with E-state index in [9.17, 15) is 4.79 Å². The zero-order valence-electron chi connectivity index (χ0n) is 17.5. The van der Waals surface area contributed by atoms with Crippen molar-refractivity contribution in [2.24, 2.45) is 0 Å². The van der Waals surface area contributed by atoms with E-state index in [0.717, 1.165) is 35.4 Å². The number of hydrogen-bond donors (Lipinski definition) is 1. The molecular formula is C26H28N2O2. The molecule has 0 aliphatic carbocycles. The Bertz CT molecular complexity index is 985. The molecule has 0 saturated carbocycles. The SMILES string of the molecule is CCC(C)Oc1ccc(C2Nc3ccccc3C(=O)N2CCc2ccccc2)cc1. The molecule has 0 radical (unpaired) electrons. The third-order valence-electron chi connectivity index (χ3n) is 5.61. The maximum Gasteiger partial charge on any atom is 0.257 e. The first-order valence-corrected chi connectivity index (χ1v) is 10.6. The van der Waals surface area contributed by atoms with E-state index in [2.05, 4.69) is 31.3 Å². The van der Waals surface area contributed by atoms with E-state index >= 15 is 0 Å². The van der Waals surface area contributed by atoms with Gasteiger partial charge in [0.2, 0.25) is 0 Å². The fourth-order valence-corrected chi connectivity index (χ4v) is 3.73. The van der Waals surface area contributed by atoms with Crippen LogP contribution < -0.4 is 10.1 Å². The molecule has 2 atom stereocenters. The van der Waals surface area contributed by atoms with E-state index in [0.29, 0.717) is 6.54 Å². The largest absolute Gasteiger partial charge is 0.491 e. The van der Waals surface area contributed by atoms with Crippen molar-refractivity contribution >= 4 is 11.6 Å². The molecule has 4 heteroatoms. The van der Waals surface area contributed by atoms with Crippen molar-refractivity contribution in [3.05, 3.63) is 95.6 Å². The van der Waals surface area contributed by atoms with Crippen LogP contribution in [-0.4, -0.2) is 23.5 Å². The average Bonchev–Trinajstić information content (AvgIpc) is 2.79. The molecule has 1 aliphatic rings. The lowest BCUT2D eigenvalue weighted by Crippen LogP contribution is -2.43. The molecule has 1 amide bonds. The van der Waals surface area contributed by atoms with Crippen molar-refractivity contribution in [3.63, 3.8) is 0 Å². The van der Waals surface area contributed by atoms with Gasteiger partial charge >= 0.3 is 0 Å². The number of para-hydroxylation sites is 1. The minimum atomic E-state index is -0.214. The van der Waals surface area contributed by atoms with E-state index in [1.54, 1.807) is 0 Å². The number of hydrogen-bond acceptors (Lipinski definition) is 3. The summed E-state index contributed by atoms with van der Waals surface area (Å²) in [6.45, 7) is 4.82. The van der Waals surface area contributed by atoms with Gasteiger partial charge in [0.05, 0.1) is 11.7 Å². The van der Waals surface area contributed by atoms with Gasteiger partial charge in [0.1, 0.15) is 11.9 Å². The van der Waals surface area contributed by atoms with Crippen LogP contribution in [0.4, 0.5) is 5.69 Å². The lowest BCUT2D eigenvalue weighted by Gasteiger charge is -2.38. The van der Waals surface area contributed by atoms with Gasteiger partial charge < -0.3 is 15.0 Å². The average molecular weight is 401 g/mol. The van der Waals surface area contributed by atoms with Gasteiger partial charge in [-0.05, 0) is 55.2 Å². The zero-order valence-corrected chi connectivity index (χ0v) is 17.5. The maximum absolute atomic E-state index is 13.3. The third kappa shape index (κ3) is 4.33. The van der Waals surface area contributed by atoms with Crippen LogP contribution in [0.1, 0.15) is 47.9 Å².